The summed E-state index contributed by atoms with van der Waals surface area (Å²) < 4.78 is 5.35. The van der Waals surface area contributed by atoms with Crippen LogP contribution in [0.3, 0.4) is 0 Å². The van der Waals surface area contributed by atoms with E-state index in [1.54, 1.807) is 30.5 Å². The number of nitrogens with one attached hydrogen (secondary N) is 2. The second kappa shape index (κ2) is 14.6. The fraction of sp³-hybridized carbons (Fsp3) is 0.400. The number of rotatable bonds is 9. The van der Waals surface area contributed by atoms with Crippen molar-refractivity contribution in [1.29, 1.82) is 0 Å². The summed E-state index contributed by atoms with van der Waals surface area (Å²) in [5.74, 6) is -0.424. The molecule has 2 heterocycles. The molecule has 1 aliphatic carbocycles. The van der Waals surface area contributed by atoms with Gasteiger partial charge in [0.05, 0.1) is 11.7 Å². The number of alkyl carbamates (subject to hydrolysis) is 1. The van der Waals surface area contributed by atoms with Crippen molar-refractivity contribution < 1.29 is 19.1 Å². The number of tetrazole rings is 1. The third-order valence-corrected chi connectivity index (χ3v) is 8.35. The van der Waals surface area contributed by atoms with Gasteiger partial charge in [0.15, 0.2) is 5.82 Å². The number of aromatic nitrogens is 5. The molecule has 2 aromatic carbocycles. The molecule has 0 unspecified atom stereocenters. The van der Waals surface area contributed by atoms with Crippen LogP contribution in [0.25, 0.3) is 22.5 Å². The van der Waals surface area contributed by atoms with Gasteiger partial charge < -0.3 is 15.8 Å². The monoisotopic (exact) mass is 638 g/mol. The number of nitrogens with zero attached hydrogens (tertiary/aromatic N) is 5. The Bertz CT molecular complexity index is 1680. The second-order valence-corrected chi connectivity index (χ2v) is 13.1. The van der Waals surface area contributed by atoms with E-state index in [9.17, 15) is 14.4 Å². The van der Waals surface area contributed by atoms with Gasteiger partial charge in [0.25, 0.3) is 5.91 Å². The van der Waals surface area contributed by atoms with Crippen LogP contribution in [-0.2, 0) is 20.7 Å². The first kappa shape index (κ1) is 33.4. The van der Waals surface area contributed by atoms with Gasteiger partial charge >= 0.3 is 6.09 Å². The first-order chi connectivity index (χ1) is 22.5. The maximum Gasteiger partial charge on any atom is 0.407 e. The minimum Gasteiger partial charge on any atom is -0.444 e. The molecule has 12 nitrogen and oxygen atoms in total. The molecular weight excluding hydrogens is 596 g/mol. The largest absolute Gasteiger partial charge is 0.444 e. The number of imide groups is 1. The summed E-state index contributed by atoms with van der Waals surface area (Å²) in [6, 6.07) is 15.9. The number of carbonyl (C=O) groups is 3. The summed E-state index contributed by atoms with van der Waals surface area (Å²) in [5.41, 5.74) is 11.1. The van der Waals surface area contributed by atoms with E-state index in [0.29, 0.717) is 36.5 Å². The van der Waals surface area contributed by atoms with E-state index in [0.717, 1.165) is 35.1 Å². The maximum atomic E-state index is 14.1. The van der Waals surface area contributed by atoms with Crippen LogP contribution in [0.5, 0.6) is 0 Å². The van der Waals surface area contributed by atoms with Crippen molar-refractivity contribution in [3.63, 3.8) is 0 Å². The summed E-state index contributed by atoms with van der Waals surface area (Å²) in [5, 5.41) is 16.8. The molecule has 1 saturated carbocycles. The van der Waals surface area contributed by atoms with E-state index in [1.165, 1.54) is 4.90 Å². The van der Waals surface area contributed by atoms with Crippen LogP contribution < -0.4 is 16.0 Å². The van der Waals surface area contributed by atoms with Crippen LogP contribution in [-0.4, -0.2) is 61.7 Å². The summed E-state index contributed by atoms with van der Waals surface area (Å²) >= 11 is 0. The fourth-order valence-corrected chi connectivity index (χ4v) is 5.92. The van der Waals surface area contributed by atoms with E-state index >= 15 is 0 Å². The van der Waals surface area contributed by atoms with Gasteiger partial charge in [0.2, 0.25) is 5.91 Å². The number of ether oxygens (including phenoxy) is 1. The molecule has 1 atom stereocenters. The normalized spacial score (nSPS) is 17.0. The topological polar surface area (TPSA) is 169 Å². The van der Waals surface area contributed by atoms with Gasteiger partial charge in [-0.25, -0.2) is 14.8 Å². The number of benzene rings is 2. The number of aryl methyl sites for hydroxylation is 1. The summed E-state index contributed by atoms with van der Waals surface area (Å²) in [4.78, 5) is 45.8. The Labute approximate surface area is 274 Å². The lowest BCUT2D eigenvalue weighted by Gasteiger charge is -2.32. The van der Waals surface area contributed by atoms with Gasteiger partial charge in [-0.1, -0.05) is 24.3 Å². The first-order valence-corrected chi connectivity index (χ1v) is 15.9. The number of carbonyl (C=O) groups excluding carboxylic acids is 3. The van der Waals surface area contributed by atoms with Crippen LogP contribution >= 0.6 is 0 Å². The molecule has 4 aromatic rings. The minimum absolute atomic E-state index is 0.212. The summed E-state index contributed by atoms with van der Waals surface area (Å²) in [6.45, 7) is 7.94. The zero-order chi connectivity index (χ0) is 33.6. The smallest absolute Gasteiger partial charge is 0.407 e. The highest BCUT2D eigenvalue weighted by atomic mass is 16.6. The quantitative estimate of drug-likeness (QED) is 0.228. The van der Waals surface area contributed by atoms with Gasteiger partial charge in [-0.2, -0.15) is 0 Å². The Morgan fingerprint density at radius 2 is 1.79 bits per heavy atom. The lowest BCUT2D eigenvalue weighted by atomic mass is 9.81. The average Bonchev–Trinajstić information content (AvgIpc) is 3.59. The van der Waals surface area contributed by atoms with Crippen molar-refractivity contribution in [2.75, 3.05) is 11.4 Å². The first-order valence-electron chi connectivity index (χ1n) is 15.9. The highest BCUT2D eigenvalue weighted by Crippen LogP contribution is 2.32. The van der Waals surface area contributed by atoms with Gasteiger partial charge in [-0.15, -0.1) is 5.10 Å². The molecule has 12 heteroatoms. The van der Waals surface area contributed by atoms with E-state index in [4.69, 9.17) is 10.5 Å². The van der Waals surface area contributed by atoms with E-state index in [-0.39, 0.29) is 24.2 Å². The highest BCUT2D eigenvalue weighted by molar-refractivity contribution is 6.17. The number of anilines is 1. The number of nitrogens with two attached hydrogens (primary N) is 1. The molecule has 246 valence electrons. The highest BCUT2D eigenvalue weighted by Gasteiger charge is 2.35. The average molecular weight is 639 g/mol. The molecule has 5 rings (SSSR count). The van der Waals surface area contributed by atoms with Crippen molar-refractivity contribution >= 4 is 23.6 Å². The van der Waals surface area contributed by atoms with Crippen molar-refractivity contribution in [2.24, 2.45) is 17.6 Å². The molecule has 0 spiro atoms. The van der Waals surface area contributed by atoms with Gasteiger partial charge in [0, 0.05) is 30.4 Å². The molecule has 3 amide bonds. The molecule has 0 saturated heterocycles. The molecule has 4 N–H and O–H groups in total. The van der Waals surface area contributed by atoms with Crippen LogP contribution in [0, 0.1) is 18.8 Å². The molecule has 47 heavy (non-hydrogen) atoms. The van der Waals surface area contributed by atoms with Crippen LogP contribution in [0.4, 0.5) is 10.5 Å². The zero-order valence-electron chi connectivity index (χ0n) is 27.3. The number of H-pyrrole nitrogens is 1. The van der Waals surface area contributed by atoms with Gasteiger partial charge in [0.1, 0.15) is 5.60 Å². The van der Waals surface area contributed by atoms with Crippen molar-refractivity contribution in [1.82, 2.24) is 30.9 Å². The molecule has 1 aliphatic rings. The SMILES string of the molecule is Cc1cnccc1-c1cccc(C[C@H](N)C(=O)N(c2ccc(-c3nnn[nH]3)cc2)C(=O)[C@H]2CC[C@H](CNC(=O)OC(C)(C)C)CC2)c1. The van der Waals surface area contributed by atoms with Crippen LogP contribution in [0.2, 0.25) is 0 Å². The Kier molecular flexibility index (Phi) is 10.4. The molecule has 0 aliphatic heterocycles. The molecular formula is C35H42N8O4. The molecule has 0 radical (unpaired) electrons. The Balaban J connectivity index is 1.31. The van der Waals surface area contributed by atoms with Crippen LogP contribution in [0.15, 0.2) is 67.0 Å². The minimum atomic E-state index is -0.958. The summed E-state index contributed by atoms with van der Waals surface area (Å²) in [6.07, 6.45) is 6.02. The number of pyridine rings is 1. The lowest BCUT2D eigenvalue weighted by Crippen LogP contribution is -2.50. The number of amides is 3. The molecule has 0 bridgehead atoms. The van der Waals surface area contributed by atoms with Gasteiger partial charge in [-0.05, 0) is 129 Å². The Hall–Kier alpha value is -4.97. The maximum absolute atomic E-state index is 14.1. The van der Waals surface area contributed by atoms with E-state index in [2.05, 4.69) is 30.9 Å². The van der Waals surface area contributed by atoms with Crippen LogP contribution in [0.1, 0.15) is 57.6 Å². The molecule has 2 aromatic heterocycles. The number of hydrogen-bond acceptors (Lipinski definition) is 9. The van der Waals surface area contributed by atoms with E-state index < -0.39 is 23.6 Å². The third kappa shape index (κ3) is 8.64. The Morgan fingerprint density at radius 3 is 2.45 bits per heavy atom. The second-order valence-electron chi connectivity index (χ2n) is 13.1. The third-order valence-electron chi connectivity index (χ3n) is 8.35. The van der Waals surface area contributed by atoms with E-state index in [1.807, 2.05) is 64.2 Å². The summed E-state index contributed by atoms with van der Waals surface area (Å²) in [7, 11) is 0. The van der Waals surface area contributed by atoms with Crippen molar-refractivity contribution in [2.45, 2.75) is 71.4 Å². The standard InChI is InChI=1S/C35H42N8O4/c1-22-20-37-17-16-29(22)27-7-5-6-24(18-27)19-30(36)33(45)43(28-14-12-25(13-15-28)31-39-41-42-40-31)32(44)26-10-8-23(9-11-26)21-38-34(46)47-35(2,3)4/h5-7,12-18,20,23,26,30H,8-11,19,21,36H2,1-4H3,(H,38,46)(H,39,40,41,42)/t23-,26-,30-/m0/s1. The predicted molar refractivity (Wildman–Crippen MR) is 178 cm³/mol. The zero-order valence-corrected chi connectivity index (χ0v) is 27.3. The van der Waals surface area contributed by atoms with Crippen molar-refractivity contribution in [3.8, 4) is 22.5 Å². The fourth-order valence-electron chi connectivity index (χ4n) is 5.92. The molecule has 1 fully saturated rings. The van der Waals surface area contributed by atoms with Crippen molar-refractivity contribution in [3.05, 3.63) is 78.1 Å². The number of hydrogen-bond donors (Lipinski definition) is 3. The van der Waals surface area contributed by atoms with Gasteiger partial charge in [-0.3, -0.25) is 14.6 Å². The lowest BCUT2D eigenvalue weighted by molar-refractivity contribution is -0.130. The predicted octanol–water partition coefficient (Wildman–Crippen LogP) is 5.00. The number of aromatic amines is 1. The Morgan fingerprint density at radius 1 is 1.04 bits per heavy atom.